The lowest BCUT2D eigenvalue weighted by molar-refractivity contribution is 0.211. The van der Waals surface area contributed by atoms with E-state index in [4.69, 9.17) is 21.7 Å². The fourth-order valence-corrected chi connectivity index (χ4v) is 2.07. The molecule has 2 rings (SSSR count). The molecule has 0 unspecified atom stereocenters. The second-order valence-electron chi connectivity index (χ2n) is 4.22. The number of H-pyrrole nitrogens is 1. The van der Waals surface area contributed by atoms with Crippen LogP contribution in [0.25, 0.3) is 0 Å². The maximum Gasteiger partial charge on any atom is 0.195 e. The maximum atomic E-state index is 5.86. The van der Waals surface area contributed by atoms with Crippen molar-refractivity contribution < 1.29 is 9.47 Å². The molecule has 5 nitrogen and oxygen atoms in total. The Hall–Kier alpha value is -2.08. The fourth-order valence-electron chi connectivity index (χ4n) is 1.86. The number of hydrogen-bond donors (Lipinski definition) is 1. The standard InChI is InChI=1S/C14H17N3O2S/c1-4-9-17-13(15-16-14(17)20)10(2)19-12-7-5-11(18-3)6-8-12/h4-8,10H,1,9H2,2-3H3,(H,16,20)/t10-/m0/s1. The summed E-state index contributed by atoms with van der Waals surface area (Å²) in [5.41, 5.74) is 0. The van der Waals surface area contributed by atoms with Crippen LogP contribution in [-0.2, 0) is 6.54 Å². The summed E-state index contributed by atoms with van der Waals surface area (Å²) >= 11 is 5.18. The lowest BCUT2D eigenvalue weighted by atomic mass is 10.3. The first-order chi connectivity index (χ1) is 9.65. The molecule has 1 aromatic heterocycles. The normalized spacial score (nSPS) is 11.9. The largest absolute Gasteiger partial charge is 0.497 e. The quantitative estimate of drug-likeness (QED) is 0.655. The van der Waals surface area contributed by atoms with Crippen LogP contribution < -0.4 is 9.47 Å². The predicted molar refractivity (Wildman–Crippen MR) is 79.6 cm³/mol. The van der Waals surface area contributed by atoms with E-state index in [1.54, 1.807) is 13.2 Å². The summed E-state index contributed by atoms with van der Waals surface area (Å²) in [6.07, 6.45) is 1.55. The van der Waals surface area contributed by atoms with Gasteiger partial charge in [-0.1, -0.05) is 6.08 Å². The zero-order chi connectivity index (χ0) is 14.5. The van der Waals surface area contributed by atoms with E-state index in [1.165, 1.54) is 0 Å². The Bertz CT molecular complexity index is 631. The Morgan fingerprint density at radius 3 is 2.65 bits per heavy atom. The van der Waals surface area contributed by atoms with Crippen molar-refractivity contribution in [2.75, 3.05) is 7.11 Å². The first kappa shape index (κ1) is 14.3. The van der Waals surface area contributed by atoms with Crippen molar-refractivity contribution in [3.8, 4) is 11.5 Å². The van der Waals surface area contributed by atoms with Gasteiger partial charge in [0.05, 0.1) is 7.11 Å². The van der Waals surface area contributed by atoms with Crippen LogP contribution in [0.3, 0.4) is 0 Å². The molecule has 0 aliphatic rings. The minimum atomic E-state index is -0.226. The van der Waals surface area contributed by atoms with E-state index < -0.39 is 0 Å². The van der Waals surface area contributed by atoms with Gasteiger partial charge in [-0.25, -0.2) is 0 Å². The smallest absolute Gasteiger partial charge is 0.195 e. The molecule has 0 radical (unpaired) electrons. The van der Waals surface area contributed by atoms with Gasteiger partial charge in [0.15, 0.2) is 16.7 Å². The number of ether oxygens (including phenoxy) is 2. The van der Waals surface area contributed by atoms with Gasteiger partial charge in [0.25, 0.3) is 0 Å². The second kappa shape index (κ2) is 6.38. The molecule has 0 saturated heterocycles. The Kier molecular flexibility index (Phi) is 4.57. The Balaban J connectivity index is 2.16. The minimum absolute atomic E-state index is 0.226. The summed E-state index contributed by atoms with van der Waals surface area (Å²) in [4.78, 5) is 0. The van der Waals surface area contributed by atoms with E-state index in [2.05, 4.69) is 16.8 Å². The Morgan fingerprint density at radius 1 is 1.40 bits per heavy atom. The molecule has 106 valence electrons. The van der Waals surface area contributed by atoms with Crippen LogP contribution >= 0.6 is 12.2 Å². The zero-order valence-corrected chi connectivity index (χ0v) is 12.3. The summed E-state index contributed by atoms with van der Waals surface area (Å²) in [7, 11) is 1.63. The molecule has 0 aliphatic heterocycles. The molecule has 0 fully saturated rings. The summed E-state index contributed by atoms with van der Waals surface area (Å²) in [5, 5.41) is 6.99. The zero-order valence-electron chi connectivity index (χ0n) is 11.5. The van der Waals surface area contributed by atoms with Crippen molar-refractivity contribution in [3.05, 3.63) is 47.5 Å². The molecule has 0 spiro atoms. The van der Waals surface area contributed by atoms with Crippen LogP contribution in [-0.4, -0.2) is 21.9 Å². The number of rotatable bonds is 6. The molecule has 0 aliphatic carbocycles. The van der Waals surface area contributed by atoms with Crippen molar-refractivity contribution in [3.63, 3.8) is 0 Å². The maximum absolute atomic E-state index is 5.86. The molecule has 2 aromatic rings. The molecular weight excluding hydrogens is 274 g/mol. The van der Waals surface area contributed by atoms with E-state index in [9.17, 15) is 0 Å². The third kappa shape index (κ3) is 3.08. The highest BCUT2D eigenvalue weighted by atomic mass is 32.1. The average molecular weight is 291 g/mol. The lowest BCUT2D eigenvalue weighted by Crippen LogP contribution is -2.11. The van der Waals surface area contributed by atoms with Crippen LogP contribution in [0.1, 0.15) is 18.9 Å². The number of allylic oxidation sites excluding steroid dienone is 1. The molecule has 1 aromatic carbocycles. The van der Waals surface area contributed by atoms with E-state index >= 15 is 0 Å². The summed E-state index contributed by atoms with van der Waals surface area (Å²) in [5.74, 6) is 2.28. The number of aromatic nitrogens is 3. The summed E-state index contributed by atoms with van der Waals surface area (Å²) < 4.78 is 13.4. The number of hydrogen-bond acceptors (Lipinski definition) is 4. The highest BCUT2D eigenvalue weighted by Gasteiger charge is 2.15. The van der Waals surface area contributed by atoms with Crippen molar-refractivity contribution in [2.24, 2.45) is 0 Å². The first-order valence-electron chi connectivity index (χ1n) is 6.22. The van der Waals surface area contributed by atoms with E-state index in [0.29, 0.717) is 11.3 Å². The molecule has 0 saturated carbocycles. The number of nitrogens with zero attached hydrogens (tertiary/aromatic N) is 2. The van der Waals surface area contributed by atoms with Gasteiger partial charge in [0, 0.05) is 6.54 Å². The summed E-state index contributed by atoms with van der Waals surface area (Å²) in [6, 6.07) is 7.41. The van der Waals surface area contributed by atoms with Gasteiger partial charge in [-0.3, -0.25) is 9.67 Å². The highest BCUT2D eigenvalue weighted by Crippen LogP contribution is 2.23. The number of nitrogens with one attached hydrogen (secondary N) is 1. The monoisotopic (exact) mass is 291 g/mol. The van der Waals surface area contributed by atoms with Crippen molar-refractivity contribution >= 4 is 12.2 Å². The molecule has 20 heavy (non-hydrogen) atoms. The van der Waals surface area contributed by atoms with E-state index in [1.807, 2.05) is 35.8 Å². The average Bonchev–Trinajstić information content (AvgIpc) is 2.82. The molecule has 6 heteroatoms. The predicted octanol–water partition coefficient (Wildman–Crippen LogP) is 3.28. The van der Waals surface area contributed by atoms with Gasteiger partial charge in [-0.15, -0.1) is 6.58 Å². The van der Waals surface area contributed by atoms with Crippen LogP contribution in [0.2, 0.25) is 0 Å². The molecule has 1 atom stereocenters. The van der Waals surface area contributed by atoms with Crippen molar-refractivity contribution in [2.45, 2.75) is 19.6 Å². The molecule has 0 amide bonds. The fraction of sp³-hybridized carbons (Fsp3) is 0.286. The van der Waals surface area contributed by atoms with Gasteiger partial charge in [-0.05, 0) is 43.4 Å². The molecular formula is C14H17N3O2S. The van der Waals surface area contributed by atoms with Crippen LogP contribution in [0, 0.1) is 4.77 Å². The molecule has 1 N–H and O–H groups in total. The van der Waals surface area contributed by atoms with Gasteiger partial charge < -0.3 is 9.47 Å². The third-order valence-corrected chi connectivity index (χ3v) is 3.15. The Morgan fingerprint density at radius 2 is 2.05 bits per heavy atom. The summed E-state index contributed by atoms with van der Waals surface area (Å²) in [6.45, 7) is 6.24. The van der Waals surface area contributed by atoms with Crippen LogP contribution in [0.15, 0.2) is 36.9 Å². The number of methoxy groups -OCH3 is 1. The second-order valence-corrected chi connectivity index (χ2v) is 4.61. The third-order valence-electron chi connectivity index (χ3n) is 2.84. The molecule has 0 bridgehead atoms. The topological polar surface area (TPSA) is 52.1 Å². The van der Waals surface area contributed by atoms with Crippen LogP contribution in [0.4, 0.5) is 0 Å². The first-order valence-corrected chi connectivity index (χ1v) is 6.63. The van der Waals surface area contributed by atoms with E-state index in [0.717, 1.165) is 17.3 Å². The van der Waals surface area contributed by atoms with Gasteiger partial charge in [-0.2, -0.15) is 5.10 Å². The van der Waals surface area contributed by atoms with Gasteiger partial charge in [0.2, 0.25) is 0 Å². The van der Waals surface area contributed by atoms with Gasteiger partial charge >= 0.3 is 0 Å². The number of benzene rings is 1. The van der Waals surface area contributed by atoms with Gasteiger partial charge in [0.1, 0.15) is 11.5 Å². The molecule has 1 heterocycles. The van der Waals surface area contributed by atoms with Crippen molar-refractivity contribution in [1.82, 2.24) is 14.8 Å². The van der Waals surface area contributed by atoms with Crippen molar-refractivity contribution in [1.29, 1.82) is 0 Å². The van der Waals surface area contributed by atoms with Crippen LogP contribution in [0.5, 0.6) is 11.5 Å². The van der Waals surface area contributed by atoms with E-state index in [-0.39, 0.29) is 6.10 Å². The highest BCUT2D eigenvalue weighted by molar-refractivity contribution is 7.71. The lowest BCUT2D eigenvalue weighted by Gasteiger charge is -2.15. The SMILES string of the molecule is C=CCn1c([C@H](C)Oc2ccc(OC)cc2)n[nH]c1=S. The minimum Gasteiger partial charge on any atom is -0.497 e. The Labute approximate surface area is 122 Å². The number of aromatic amines is 1.